The summed E-state index contributed by atoms with van der Waals surface area (Å²) in [5, 5.41) is 5.54. The minimum absolute atomic E-state index is 0.123. The van der Waals surface area contributed by atoms with Gasteiger partial charge in [0.15, 0.2) is 6.61 Å². The van der Waals surface area contributed by atoms with Gasteiger partial charge in [-0.25, -0.2) is 0 Å². The highest BCUT2D eigenvalue weighted by Gasteiger charge is 2.09. The van der Waals surface area contributed by atoms with Crippen LogP contribution >= 0.6 is 15.9 Å². The zero-order valence-corrected chi connectivity index (χ0v) is 15.9. The van der Waals surface area contributed by atoms with Crippen molar-refractivity contribution in [3.8, 4) is 5.75 Å². The van der Waals surface area contributed by atoms with Crippen molar-refractivity contribution in [2.45, 2.75) is 0 Å². The van der Waals surface area contributed by atoms with E-state index in [1.807, 2.05) is 42.5 Å². The summed E-state index contributed by atoms with van der Waals surface area (Å²) in [5.74, 6) is 0.0475. The number of carbonyl (C=O) groups is 2. The normalized spacial score (nSPS) is 10.1. The summed E-state index contributed by atoms with van der Waals surface area (Å²) in [6.45, 7) is -0.123. The van der Waals surface area contributed by atoms with Gasteiger partial charge >= 0.3 is 0 Å². The molecular weight excluding hydrogens is 408 g/mol. The Kier molecular flexibility index (Phi) is 6.22. The van der Waals surface area contributed by atoms with Crippen molar-refractivity contribution in [1.82, 2.24) is 0 Å². The monoisotopic (exact) mass is 424 g/mol. The summed E-state index contributed by atoms with van der Waals surface area (Å²) < 4.78 is 6.37. The number of hydrogen-bond acceptors (Lipinski definition) is 3. The van der Waals surface area contributed by atoms with Crippen LogP contribution in [0.15, 0.2) is 83.3 Å². The molecule has 0 atom stereocenters. The molecule has 3 rings (SSSR count). The fourth-order valence-electron chi connectivity index (χ4n) is 2.34. The molecule has 2 amide bonds. The molecule has 0 aliphatic carbocycles. The number of hydrogen-bond donors (Lipinski definition) is 2. The number of ether oxygens (including phenoxy) is 1. The van der Waals surface area contributed by atoms with E-state index in [0.717, 1.165) is 4.47 Å². The summed E-state index contributed by atoms with van der Waals surface area (Å²) in [7, 11) is 0. The first-order valence-corrected chi connectivity index (χ1v) is 9.04. The Morgan fingerprint density at radius 3 is 2.26 bits per heavy atom. The second-order valence-corrected chi connectivity index (χ2v) is 6.61. The molecule has 5 nitrogen and oxygen atoms in total. The van der Waals surface area contributed by atoms with Gasteiger partial charge in [0.05, 0.1) is 0 Å². The quantitative estimate of drug-likeness (QED) is 0.601. The molecule has 0 saturated carbocycles. The van der Waals surface area contributed by atoms with Gasteiger partial charge in [-0.05, 0) is 54.6 Å². The van der Waals surface area contributed by atoms with Crippen LogP contribution in [0.1, 0.15) is 10.4 Å². The number of amides is 2. The number of halogens is 1. The van der Waals surface area contributed by atoms with E-state index in [9.17, 15) is 9.59 Å². The van der Waals surface area contributed by atoms with E-state index < -0.39 is 0 Å². The van der Waals surface area contributed by atoms with Gasteiger partial charge in [-0.3, -0.25) is 9.59 Å². The zero-order valence-electron chi connectivity index (χ0n) is 14.3. The van der Waals surface area contributed by atoms with E-state index in [1.54, 1.807) is 36.4 Å². The summed E-state index contributed by atoms with van der Waals surface area (Å²) in [6, 6.07) is 23.1. The van der Waals surface area contributed by atoms with Crippen molar-refractivity contribution >= 4 is 39.1 Å². The largest absolute Gasteiger partial charge is 0.484 e. The van der Waals surface area contributed by atoms with Crippen LogP contribution in [0.4, 0.5) is 11.4 Å². The molecule has 6 heteroatoms. The lowest BCUT2D eigenvalue weighted by Crippen LogP contribution is -2.20. The Bertz CT molecular complexity index is 928. The third-order valence-corrected chi connectivity index (χ3v) is 4.15. The Morgan fingerprint density at radius 2 is 1.52 bits per heavy atom. The predicted molar refractivity (Wildman–Crippen MR) is 109 cm³/mol. The van der Waals surface area contributed by atoms with Crippen LogP contribution in [0.5, 0.6) is 5.75 Å². The van der Waals surface area contributed by atoms with Gasteiger partial charge in [-0.2, -0.15) is 0 Å². The highest BCUT2D eigenvalue weighted by atomic mass is 79.9. The number of anilines is 2. The van der Waals surface area contributed by atoms with Gasteiger partial charge in [0.25, 0.3) is 11.8 Å². The molecule has 0 bridgehead atoms. The average molecular weight is 425 g/mol. The predicted octanol–water partition coefficient (Wildman–Crippen LogP) is 4.72. The summed E-state index contributed by atoms with van der Waals surface area (Å²) in [4.78, 5) is 24.4. The van der Waals surface area contributed by atoms with Crippen LogP contribution in [0, 0.1) is 0 Å². The topological polar surface area (TPSA) is 67.4 Å². The molecule has 0 saturated heterocycles. The SMILES string of the molecule is O=C(COc1ccc(Br)cc1)Nc1cccc(C(=O)Nc2ccccc2)c1. The van der Waals surface area contributed by atoms with Crippen molar-refractivity contribution in [2.75, 3.05) is 17.2 Å². The molecule has 2 N–H and O–H groups in total. The molecule has 0 aliphatic heterocycles. The van der Waals surface area contributed by atoms with Crippen LogP contribution in [0.3, 0.4) is 0 Å². The van der Waals surface area contributed by atoms with E-state index in [-0.39, 0.29) is 18.4 Å². The maximum absolute atomic E-state index is 12.3. The highest BCUT2D eigenvalue weighted by molar-refractivity contribution is 9.10. The second kappa shape index (κ2) is 9.00. The smallest absolute Gasteiger partial charge is 0.262 e. The lowest BCUT2D eigenvalue weighted by molar-refractivity contribution is -0.118. The van der Waals surface area contributed by atoms with Gasteiger partial charge in [0.1, 0.15) is 5.75 Å². The molecular formula is C21H17BrN2O3. The van der Waals surface area contributed by atoms with Gasteiger partial charge in [-0.15, -0.1) is 0 Å². The van der Waals surface area contributed by atoms with Gasteiger partial charge < -0.3 is 15.4 Å². The van der Waals surface area contributed by atoms with Crippen LogP contribution in [0.25, 0.3) is 0 Å². The lowest BCUT2D eigenvalue weighted by Gasteiger charge is -2.09. The molecule has 27 heavy (non-hydrogen) atoms. The molecule has 0 spiro atoms. The number of carbonyl (C=O) groups excluding carboxylic acids is 2. The zero-order chi connectivity index (χ0) is 19.1. The van der Waals surface area contributed by atoms with E-state index in [1.165, 1.54) is 0 Å². The molecule has 0 heterocycles. The molecule has 0 aromatic heterocycles. The standard InChI is InChI=1S/C21H17BrN2O3/c22-16-9-11-19(12-10-16)27-14-20(25)23-18-8-4-5-15(13-18)21(26)24-17-6-2-1-3-7-17/h1-13H,14H2,(H,23,25)(H,24,26). The van der Waals surface area contributed by atoms with Crippen LogP contribution in [-0.4, -0.2) is 18.4 Å². The van der Waals surface area contributed by atoms with Crippen LogP contribution < -0.4 is 15.4 Å². The minimum atomic E-state index is -0.307. The Morgan fingerprint density at radius 1 is 0.815 bits per heavy atom. The molecule has 0 unspecified atom stereocenters. The van der Waals surface area contributed by atoms with E-state index >= 15 is 0 Å². The first kappa shape index (κ1) is 18.7. The first-order valence-electron chi connectivity index (χ1n) is 8.25. The summed E-state index contributed by atoms with van der Waals surface area (Å²) >= 11 is 3.34. The maximum atomic E-state index is 12.3. The summed E-state index contributed by atoms with van der Waals surface area (Å²) in [5.41, 5.74) is 1.69. The number of para-hydroxylation sites is 1. The number of nitrogens with one attached hydrogen (secondary N) is 2. The van der Waals surface area contributed by atoms with Crippen molar-refractivity contribution < 1.29 is 14.3 Å². The van der Waals surface area contributed by atoms with Gasteiger partial charge in [0.2, 0.25) is 0 Å². The van der Waals surface area contributed by atoms with Crippen molar-refractivity contribution in [1.29, 1.82) is 0 Å². The second-order valence-electron chi connectivity index (χ2n) is 5.69. The molecule has 3 aromatic carbocycles. The van der Waals surface area contributed by atoms with E-state index in [2.05, 4.69) is 26.6 Å². The van der Waals surface area contributed by atoms with Crippen LogP contribution in [-0.2, 0) is 4.79 Å². The van der Waals surface area contributed by atoms with Crippen LogP contribution in [0.2, 0.25) is 0 Å². The minimum Gasteiger partial charge on any atom is -0.484 e. The molecule has 0 aliphatic rings. The first-order chi connectivity index (χ1) is 13.1. The van der Waals surface area contributed by atoms with E-state index in [0.29, 0.717) is 22.7 Å². The van der Waals surface area contributed by atoms with Crippen molar-refractivity contribution in [3.05, 3.63) is 88.9 Å². The van der Waals surface area contributed by atoms with Crippen molar-refractivity contribution in [3.63, 3.8) is 0 Å². The van der Waals surface area contributed by atoms with Gasteiger partial charge in [0, 0.05) is 21.4 Å². The summed E-state index contributed by atoms with van der Waals surface area (Å²) in [6.07, 6.45) is 0. The Labute approximate surface area is 165 Å². The number of rotatable bonds is 6. The molecule has 0 radical (unpaired) electrons. The fourth-order valence-corrected chi connectivity index (χ4v) is 2.60. The average Bonchev–Trinajstić information content (AvgIpc) is 2.68. The lowest BCUT2D eigenvalue weighted by atomic mass is 10.2. The highest BCUT2D eigenvalue weighted by Crippen LogP contribution is 2.17. The van der Waals surface area contributed by atoms with Gasteiger partial charge in [-0.1, -0.05) is 40.2 Å². The fraction of sp³-hybridized carbons (Fsp3) is 0.0476. The molecule has 136 valence electrons. The third kappa shape index (κ3) is 5.69. The Hall–Kier alpha value is -3.12. The molecule has 0 fully saturated rings. The van der Waals surface area contributed by atoms with Crippen molar-refractivity contribution in [2.24, 2.45) is 0 Å². The Balaban J connectivity index is 1.57. The number of benzene rings is 3. The third-order valence-electron chi connectivity index (χ3n) is 3.62. The maximum Gasteiger partial charge on any atom is 0.262 e. The van der Waals surface area contributed by atoms with E-state index in [4.69, 9.17) is 4.74 Å². The molecule has 3 aromatic rings.